The van der Waals surface area contributed by atoms with Crippen molar-refractivity contribution in [2.24, 2.45) is 17.8 Å². The van der Waals surface area contributed by atoms with Crippen molar-refractivity contribution in [1.82, 2.24) is 0 Å². The lowest BCUT2D eigenvalue weighted by Crippen LogP contribution is -2.04. The standard InChI is InChI=1S/C10H18O/c1-8(2)10-4-3-9(7-10)5-6-11/h6,8-10H,3-5,7H2,1-2H3. The maximum Gasteiger partial charge on any atom is 0.120 e. The van der Waals surface area contributed by atoms with Crippen molar-refractivity contribution in [3.05, 3.63) is 0 Å². The van der Waals surface area contributed by atoms with Crippen molar-refractivity contribution in [2.75, 3.05) is 0 Å². The quantitative estimate of drug-likeness (QED) is 0.571. The summed E-state index contributed by atoms with van der Waals surface area (Å²) in [5.74, 6) is 2.41. The number of rotatable bonds is 3. The molecule has 2 atom stereocenters. The van der Waals surface area contributed by atoms with Crippen LogP contribution in [0.5, 0.6) is 0 Å². The van der Waals surface area contributed by atoms with Crippen LogP contribution < -0.4 is 0 Å². The normalized spacial score (nSPS) is 31.2. The molecule has 0 bridgehead atoms. The van der Waals surface area contributed by atoms with Crippen molar-refractivity contribution < 1.29 is 4.79 Å². The van der Waals surface area contributed by atoms with Gasteiger partial charge in [0.05, 0.1) is 0 Å². The molecule has 0 heterocycles. The number of hydrogen-bond donors (Lipinski definition) is 0. The molecule has 0 saturated heterocycles. The molecule has 0 radical (unpaired) electrons. The van der Waals surface area contributed by atoms with E-state index in [-0.39, 0.29) is 0 Å². The lowest BCUT2D eigenvalue weighted by molar-refractivity contribution is -0.108. The van der Waals surface area contributed by atoms with E-state index < -0.39 is 0 Å². The molecule has 0 aromatic heterocycles. The first-order chi connectivity index (χ1) is 5.24. The molecular weight excluding hydrogens is 136 g/mol. The highest BCUT2D eigenvalue weighted by Gasteiger charge is 2.25. The second kappa shape index (κ2) is 3.89. The molecule has 1 heteroatoms. The zero-order chi connectivity index (χ0) is 8.27. The van der Waals surface area contributed by atoms with Crippen LogP contribution in [0, 0.1) is 17.8 Å². The Morgan fingerprint density at radius 2 is 2.18 bits per heavy atom. The van der Waals surface area contributed by atoms with Crippen LogP contribution in [0.15, 0.2) is 0 Å². The molecule has 1 saturated carbocycles. The van der Waals surface area contributed by atoms with E-state index in [1.165, 1.54) is 19.3 Å². The second-order valence-corrected chi connectivity index (χ2v) is 4.09. The lowest BCUT2D eigenvalue weighted by atomic mass is 9.93. The average Bonchev–Trinajstić information content (AvgIpc) is 2.37. The topological polar surface area (TPSA) is 17.1 Å². The molecule has 1 fully saturated rings. The van der Waals surface area contributed by atoms with Gasteiger partial charge in [-0.2, -0.15) is 0 Å². The van der Waals surface area contributed by atoms with Crippen LogP contribution in [-0.4, -0.2) is 6.29 Å². The summed E-state index contributed by atoms with van der Waals surface area (Å²) in [5, 5.41) is 0. The van der Waals surface area contributed by atoms with Crippen LogP contribution in [0.25, 0.3) is 0 Å². The van der Waals surface area contributed by atoms with Gasteiger partial charge in [-0.1, -0.05) is 13.8 Å². The maximum absolute atomic E-state index is 10.2. The third-order valence-corrected chi connectivity index (χ3v) is 2.95. The van der Waals surface area contributed by atoms with Crippen molar-refractivity contribution in [3.63, 3.8) is 0 Å². The monoisotopic (exact) mass is 154 g/mol. The van der Waals surface area contributed by atoms with Gasteiger partial charge in [-0.3, -0.25) is 0 Å². The summed E-state index contributed by atoms with van der Waals surface area (Å²) in [7, 11) is 0. The van der Waals surface area contributed by atoms with E-state index in [9.17, 15) is 4.79 Å². The van der Waals surface area contributed by atoms with Crippen LogP contribution in [0.1, 0.15) is 39.5 Å². The third-order valence-electron chi connectivity index (χ3n) is 2.95. The SMILES string of the molecule is CC(C)C1CCC(CC=O)C1. The highest BCUT2D eigenvalue weighted by molar-refractivity contribution is 5.49. The summed E-state index contributed by atoms with van der Waals surface area (Å²) >= 11 is 0. The molecule has 2 unspecified atom stereocenters. The summed E-state index contributed by atoms with van der Waals surface area (Å²) in [6, 6.07) is 0. The largest absolute Gasteiger partial charge is 0.303 e. The van der Waals surface area contributed by atoms with Gasteiger partial charge in [0.25, 0.3) is 0 Å². The van der Waals surface area contributed by atoms with E-state index in [2.05, 4.69) is 13.8 Å². The first-order valence-corrected chi connectivity index (χ1v) is 4.67. The zero-order valence-electron chi connectivity index (χ0n) is 7.55. The minimum Gasteiger partial charge on any atom is -0.303 e. The Bertz CT molecular complexity index is 129. The Morgan fingerprint density at radius 1 is 1.45 bits per heavy atom. The number of aldehydes is 1. The molecular formula is C10H18O. The van der Waals surface area contributed by atoms with Gasteiger partial charge in [0, 0.05) is 6.42 Å². The summed E-state index contributed by atoms with van der Waals surface area (Å²) in [5.41, 5.74) is 0. The van der Waals surface area contributed by atoms with Crippen molar-refractivity contribution in [3.8, 4) is 0 Å². The Morgan fingerprint density at radius 3 is 2.64 bits per heavy atom. The zero-order valence-corrected chi connectivity index (χ0v) is 7.55. The van der Waals surface area contributed by atoms with Crippen LogP contribution in [0.4, 0.5) is 0 Å². The van der Waals surface area contributed by atoms with Crippen LogP contribution in [-0.2, 0) is 4.79 Å². The van der Waals surface area contributed by atoms with E-state index >= 15 is 0 Å². The first-order valence-electron chi connectivity index (χ1n) is 4.67. The fourth-order valence-corrected chi connectivity index (χ4v) is 2.07. The molecule has 11 heavy (non-hydrogen) atoms. The number of carbonyl (C=O) groups excluding carboxylic acids is 1. The van der Waals surface area contributed by atoms with E-state index in [4.69, 9.17) is 0 Å². The van der Waals surface area contributed by atoms with Crippen LogP contribution in [0.3, 0.4) is 0 Å². The molecule has 64 valence electrons. The van der Waals surface area contributed by atoms with Gasteiger partial charge in [0.15, 0.2) is 0 Å². The van der Waals surface area contributed by atoms with Crippen LogP contribution in [0.2, 0.25) is 0 Å². The van der Waals surface area contributed by atoms with Crippen LogP contribution >= 0.6 is 0 Å². The first kappa shape index (κ1) is 8.76. The number of hydrogen-bond acceptors (Lipinski definition) is 1. The predicted octanol–water partition coefficient (Wildman–Crippen LogP) is 2.65. The Hall–Kier alpha value is -0.330. The van der Waals surface area contributed by atoms with E-state index in [0.717, 1.165) is 24.5 Å². The van der Waals surface area contributed by atoms with Gasteiger partial charge in [0.2, 0.25) is 0 Å². The maximum atomic E-state index is 10.2. The Balaban J connectivity index is 2.28. The molecule has 0 aromatic rings. The molecule has 1 aliphatic carbocycles. The van der Waals surface area contributed by atoms with Gasteiger partial charge in [0.1, 0.15) is 6.29 Å². The summed E-state index contributed by atoms with van der Waals surface area (Å²) < 4.78 is 0. The Kier molecular flexibility index (Phi) is 3.10. The summed E-state index contributed by atoms with van der Waals surface area (Å²) in [4.78, 5) is 10.2. The minimum absolute atomic E-state index is 0.708. The molecule has 1 aliphatic rings. The Labute approximate surface area is 69.2 Å². The second-order valence-electron chi connectivity index (χ2n) is 4.09. The van der Waals surface area contributed by atoms with Crippen molar-refractivity contribution in [1.29, 1.82) is 0 Å². The molecule has 0 aliphatic heterocycles. The van der Waals surface area contributed by atoms with Crippen molar-refractivity contribution in [2.45, 2.75) is 39.5 Å². The van der Waals surface area contributed by atoms with E-state index in [1.807, 2.05) is 0 Å². The number of carbonyl (C=O) groups is 1. The summed E-state index contributed by atoms with van der Waals surface area (Å²) in [6.45, 7) is 4.57. The van der Waals surface area contributed by atoms with Gasteiger partial charge in [-0.15, -0.1) is 0 Å². The average molecular weight is 154 g/mol. The van der Waals surface area contributed by atoms with Gasteiger partial charge >= 0.3 is 0 Å². The minimum atomic E-state index is 0.708. The molecule has 0 amide bonds. The highest BCUT2D eigenvalue weighted by Crippen LogP contribution is 2.36. The third kappa shape index (κ3) is 2.32. The fourth-order valence-electron chi connectivity index (χ4n) is 2.07. The predicted molar refractivity (Wildman–Crippen MR) is 46.4 cm³/mol. The lowest BCUT2D eigenvalue weighted by Gasteiger charge is -2.13. The van der Waals surface area contributed by atoms with E-state index in [1.54, 1.807) is 0 Å². The van der Waals surface area contributed by atoms with Gasteiger partial charge in [-0.05, 0) is 37.0 Å². The molecule has 1 rings (SSSR count). The van der Waals surface area contributed by atoms with Gasteiger partial charge < -0.3 is 4.79 Å². The molecule has 0 N–H and O–H groups in total. The van der Waals surface area contributed by atoms with Gasteiger partial charge in [-0.25, -0.2) is 0 Å². The van der Waals surface area contributed by atoms with Crippen molar-refractivity contribution >= 4 is 6.29 Å². The molecule has 1 nitrogen and oxygen atoms in total. The summed E-state index contributed by atoms with van der Waals surface area (Å²) in [6.07, 6.45) is 5.78. The smallest absolute Gasteiger partial charge is 0.120 e. The molecule has 0 aromatic carbocycles. The van der Waals surface area contributed by atoms with E-state index in [0.29, 0.717) is 5.92 Å². The fraction of sp³-hybridized carbons (Fsp3) is 0.900. The molecule has 0 spiro atoms. The highest BCUT2D eigenvalue weighted by atomic mass is 16.1.